The van der Waals surface area contributed by atoms with Gasteiger partial charge in [-0.2, -0.15) is 0 Å². The second-order valence-corrected chi connectivity index (χ2v) is 10.3. The van der Waals surface area contributed by atoms with Crippen molar-refractivity contribution in [1.29, 1.82) is 0 Å². The van der Waals surface area contributed by atoms with Gasteiger partial charge in [0.1, 0.15) is 0 Å². The summed E-state index contributed by atoms with van der Waals surface area (Å²) in [7, 11) is 0. The van der Waals surface area contributed by atoms with Crippen LogP contribution in [0.15, 0.2) is 0 Å². The first-order chi connectivity index (χ1) is 9.69. The van der Waals surface area contributed by atoms with Gasteiger partial charge >= 0.3 is 0 Å². The van der Waals surface area contributed by atoms with Gasteiger partial charge in [0.2, 0.25) is 0 Å². The lowest BCUT2D eigenvalue weighted by atomic mass is 9.83. The number of unbranched alkanes of at least 4 members (excludes halogenated alkanes) is 1. The normalized spacial score (nSPS) is 28.7. The molecule has 0 N–H and O–H groups in total. The van der Waals surface area contributed by atoms with Crippen LogP contribution in [0.4, 0.5) is 0 Å². The smallest absolute Gasteiger partial charge is 0.0323 e. The van der Waals surface area contributed by atoms with Crippen LogP contribution in [0.1, 0.15) is 99.3 Å². The van der Waals surface area contributed by atoms with E-state index in [4.69, 9.17) is 0 Å². The molecule has 0 aliphatic heterocycles. The maximum atomic E-state index is 2.51. The molecular formula is C21H40. The minimum atomic E-state index is 0.522. The summed E-state index contributed by atoms with van der Waals surface area (Å²) in [5.74, 6) is 4.08. The molecule has 0 heteroatoms. The summed E-state index contributed by atoms with van der Waals surface area (Å²) in [6.45, 7) is 14.5. The third-order valence-corrected chi connectivity index (χ3v) is 6.23. The van der Waals surface area contributed by atoms with E-state index in [0.717, 1.165) is 29.1 Å². The summed E-state index contributed by atoms with van der Waals surface area (Å²) < 4.78 is 0. The zero-order chi connectivity index (χ0) is 15.7. The van der Waals surface area contributed by atoms with E-state index in [1.807, 2.05) is 0 Å². The molecule has 0 radical (unpaired) electrons. The molecule has 0 aromatic carbocycles. The van der Waals surface area contributed by atoms with Crippen molar-refractivity contribution in [2.24, 2.45) is 34.5 Å². The van der Waals surface area contributed by atoms with Crippen LogP contribution in [0.25, 0.3) is 0 Å². The molecule has 0 aromatic rings. The molecule has 2 fully saturated rings. The number of rotatable bonds is 9. The van der Waals surface area contributed by atoms with Crippen molar-refractivity contribution < 1.29 is 0 Å². The summed E-state index contributed by atoms with van der Waals surface area (Å²) in [4.78, 5) is 0. The molecule has 2 saturated carbocycles. The largest absolute Gasteiger partial charge is 0.0625 e. The van der Waals surface area contributed by atoms with Gasteiger partial charge in [0.05, 0.1) is 0 Å². The third kappa shape index (κ3) is 6.33. The van der Waals surface area contributed by atoms with Gasteiger partial charge < -0.3 is 0 Å². The van der Waals surface area contributed by atoms with Crippen LogP contribution < -0.4 is 0 Å². The first kappa shape index (κ1) is 17.4. The Kier molecular flexibility index (Phi) is 5.48. The third-order valence-electron chi connectivity index (χ3n) is 6.23. The van der Waals surface area contributed by atoms with Crippen molar-refractivity contribution in [3.05, 3.63) is 0 Å². The second kappa shape index (κ2) is 6.63. The zero-order valence-corrected chi connectivity index (χ0v) is 15.7. The van der Waals surface area contributed by atoms with E-state index in [0.29, 0.717) is 5.41 Å². The molecule has 0 aromatic heterocycles. The van der Waals surface area contributed by atoms with E-state index in [2.05, 4.69) is 41.5 Å². The molecular weight excluding hydrogens is 252 g/mol. The first-order valence-electron chi connectivity index (χ1n) is 9.69. The first-order valence-corrected chi connectivity index (χ1v) is 9.69. The van der Waals surface area contributed by atoms with Gasteiger partial charge in [-0.25, -0.2) is 0 Å². The Bertz CT molecular complexity index is 315. The predicted octanol–water partition coefficient (Wildman–Crippen LogP) is 7.08. The van der Waals surface area contributed by atoms with Crippen molar-refractivity contribution in [1.82, 2.24) is 0 Å². The van der Waals surface area contributed by atoms with E-state index in [-0.39, 0.29) is 0 Å². The highest BCUT2D eigenvalue weighted by molar-refractivity contribution is 4.98. The fourth-order valence-electron chi connectivity index (χ4n) is 4.07. The van der Waals surface area contributed by atoms with Crippen molar-refractivity contribution >= 4 is 0 Å². The Balaban J connectivity index is 1.63. The van der Waals surface area contributed by atoms with Crippen molar-refractivity contribution in [2.75, 3.05) is 0 Å². The van der Waals surface area contributed by atoms with Crippen LogP contribution in [0.2, 0.25) is 0 Å². The van der Waals surface area contributed by atoms with Gasteiger partial charge in [-0.1, -0.05) is 60.8 Å². The van der Waals surface area contributed by atoms with Crippen molar-refractivity contribution in [3.63, 3.8) is 0 Å². The highest BCUT2D eigenvalue weighted by atomic mass is 14.5. The van der Waals surface area contributed by atoms with Crippen LogP contribution in [0.5, 0.6) is 0 Å². The molecule has 2 aliphatic rings. The van der Waals surface area contributed by atoms with E-state index in [9.17, 15) is 0 Å². The standard InChI is InChI=1S/C21H40/c1-16(2)17(9-7-8-10-20(3,4)5)13-18-14-19(18)15-21(6)11-12-21/h16-19H,7-15H2,1-6H3. The number of hydrogen-bond acceptors (Lipinski definition) is 0. The van der Waals surface area contributed by atoms with Gasteiger partial charge in [-0.15, -0.1) is 0 Å². The molecule has 0 heterocycles. The minimum Gasteiger partial charge on any atom is -0.0625 e. The Labute approximate surface area is 134 Å². The SMILES string of the molecule is CC(C)C(CCCCC(C)(C)C)CC1CC1CC1(C)CC1. The zero-order valence-electron chi connectivity index (χ0n) is 15.7. The van der Waals surface area contributed by atoms with Crippen LogP contribution in [-0.4, -0.2) is 0 Å². The Morgan fingerprint density at radius 1 is 1.05 bits per heavy atom. The minimum absolute atomic E-state index is 0.522. The van der Waals surface area contributed by atoms with Gasteiger partial charge in [0, 0.05) is 0 Å². The topological polar surface area (TPSA) is 0 Å². The summed E-state index contributed by atoms with van der Waals surface area (Å²) in [5, 5.41) is 0. The quantitative estimate of drug-likeness (QED) is 0.398. The Morgan fingerprint density at radius 2 is 1.71 bits per heavy atom. The van der Waals surface area contributed by atoms with E-state index < -0.39 is 0 Å². The summed E-state index contributed by atoms with van der Waals surface area (Å²) in [6, 6.07) is 0. The molecule has 0 nitrogen and oxygen atoms in total. The maximum Gasteiger partial charge on any atom is -0.0323 e. The molecule has 124 valence electrons. The molecule has 0 amide bonds. The lowest BCUT2D eigenvalue weighted by Gasteiger charge is -2.23. The van der Waals surface area contributed by atoms with Gasteiger partial charge in [-0.05, 0) is 73.0 Å². The van der Waals surface area contributed by atoms with Crippen LogP contribution in [0, 0.1) is 34.5 Å². The maximum absolute atomic E-state index is 2.51. The second-order valence-electron chi connectivity index (χ2n) is 10.3. The molecule has 0 saturated heterocycles. The monoisotopic (exact) mass is 292 g/mol. The highest BCUT2D eigenvalue weighted by Gasteiger charge is 2.47. The molecule has 21 heavy (non-hydrogen) atoms. The molecule has 3 unspecified atom stereocenters. The van der Waals surface area contributed by atoms with Gasteiger partial charge in [-0.3, -0.25) is 0 Å². The average molecular weight is 293 g/mol. The fourth-order valence-corrected chi connectivity index (χ4v) is 4.07. The molecule has 3 atom stereocenters. The Morgan fingerprint density at radius 3 is 2.24 bits per heavy atom. The lowest BCUT2D eigenvalue weighted by molar-refractivity contribution is 0.287. The van der Waals surface area contributed by atoms with Crippen LogP contribution in [-0.2, 0) is 0 Å². The van der Waals surface area contributed by atoms with E-state index >= 15 is 0 Å². The molecule has 0 spiro atoms. The Hall–Kier alpha value is 0. The van der Waals surface area contributed by atoms with Crippen LogP contribution in [0.3, 0.4) is 0 Å². The van der Waals surface area contributed by atoms with Gasteiger partial charge in [0.25, 0.3) is 0 Å². The molecule has 2 rings (SSSR count). The van der Waals surface area contributed by atoms with Gasteiger partial charge in [0.15, 0.2) is 0 Å². The van der Waals surface area contributed by atoms with E-state index in [1.54, 1.807) is 12.8 Å². The summed E-state index contributed by atoms with van der Waals surface area (Å²) in [5.41, 5.74) is 1.30. The van der Waals surface area contributed by atoms with Crippen molar-refractivity contribution in [3.8, 4) is 0 Å². The highest BCUT2D eigenvalue weighted by Crippen LogP contribution is 2.58. The van der Waals surface area contributed by atoms with Crippen molar-refractivity contribution in [2.45, 2.75) is 99.3 Å². The summed E-state index contributed by atoms with van der Waals surface area (Å²) in [6.07, 6.45) is 13.4. The average Bonchev–Trinajstić information content (AvgIpc) is 3.23. The summed E-state index contributed by atoms with van der Waals surface area (Å²) >= 11 is 0. The fraction of sp³-hybridized carbons (Fsp3) is 1.00. The van der Waals surface area contributed by atoms with Crippen LogP contribution >= 0.6 is 0 Å². The lowest BCUT2D eigenvalue weighted by Crippen LogP contribution is -2.11. The molecule has 2 aliphatic carbocycles. The molecule has 0 bridgehead atoms. The number of hydrogen-bond donors (Lipinski definition) is 0. The van der Waals surface area contributed by atoms with E-state index in [1.165, 1.54) is 44.9 Å². The predicted molar refractivity (Wildman–Crippen MR) is 94.4 cm³/mol.